The van der Waals surface area contributed by atoms with Crippen molar-refractivity contribution < 1.29 is 4.74 Å². The molecule has 0 aliphatic heterocycles. The highest BCUT2D eigenvalue weighted by atomic mass is 16.5. The zero-order valence-corrected chi connectivity index (χ0v) is 12.1. The maximum absolute atomic E-state index is 5.88. The smallest absolute Gasteiger partial charge is 0.120 e. The van der Waals surface area contributed by atoms with Gasteiger partial charge in [0.25, 0.3) is 0 Å². The van der Waals surface area contributed by atoms with Crippen molar-refractivity contribution in [2.75, 3.05) is 0 Å². The zero-order valence-electron chi connectivity index (χ0n) is 12.1. The monoisotopic (exact) mass is 274 g/mol. The van der Waals surface area contributed by atoms with Crippen LogP contribution in [0.1, 0.15) is 11.1 Å². The molecule has 0 heterocycles. The Morgan fingerprint density at radius 2 is 1.48 bits per heavy atom. The summed E-state index contributed by atoms with van der Waals surface area (Å²) in [6.45, 7) is 2.70. The summed E-state index contributed by atoms with van der Waals surface area (Å²) in [5.41, 5.74) is 4.85. The SMILES string of the molecule is Cc1ccc(-c2cccc(OCc3ccccc3)c2)cc1. The number of aryl methyl sites for hydroxylation is 1. The summed E-state index contributed by atoms with van der Waals surface area (Å²) in [6.07, 6.45) is 0. The van der Waals surface area contributed by atoms with Crippen LogP contribution in [0, 0.1) is 6.92 Å². The molecular weight excluding hydrogens is 256 g/mol. The first kappa shape index (κ1) is 13.4. The lowest BCUT2D eigenvalue weighted by Crippen LogP contribution is -1.94. The summed E-state index contributed by atoms with van der Waals surface area (Å²) < 4.78 is 5.88. The van der Waals surface area contributed by atoms with Crippen molar-refractivity contribution in [3.8, 4) is 16.9 Å². The second kappa shape index (κ2) is 6.27. The topological polar surface area (TPSA) is 9.23 Å². The van der Waals surface area contributed by atoms with Crippen LogP contribution in [0.2, 0.25) is 0 Å². The first-order valence-corrected chi connectivity index (χ1v) is 7.15. The molecule has 0 saturated carbocycles. The molecule has 0 amide bonds. The van der Waals surface area contributed by atoms with E-state index >= 15 is 0 Å². The van der Waals surface area contributed by atoms with E-state index in [0.717, 1.165) is 5.75 Å². The summed E-state index contributed by atoms with van der Waals surface area (Å²) in [4.78, 5) is 0. The number of rotatable bonds is 4. The van der Waals surface area contributed by atoms with Gasteiger partial charge in [0.1, 0.15) is 12.4 Å². The van der Waals surface area contributed by atoms with Crippen LogP contribution in [0.4, 0.5) is 0 Å². The third-order valence-electron chi connectivity index (χ3n) is 3.47. The van der Waals surface area contributed by atoms with Gasteiger partial charge in [0.15, 0.2) is 0 Å². The summed E-state index contributed by atoms with van der Waals surface area (Å²) in [7, 11) is 0. The van der Waals surface area contributed by atoms with Gasteiger partial charge in [-0.1, -0.05) is 72.3 Å². The Labute approximate surface area is 125 Å². The molecule has 0 saturated heterocycles. The number of benzene rings is 3. The van der Waals surface area contributed by atoms with E-state index in [-0.39, 0.29) is 0 Å². The lowest BCUT2D eigenvalue weighted by molar-refractivity contribution is 0.306. The Morgan fingerprint density at radius 1 is 0.714 bits per heavy atom. The Balaban J connectivity index is 1.75. The number of ether oxygens (including phenoxy) is 1. The second-order valence-electron chi connectivity index (χ2n) is 5.17. The first-order chi connectivity index (χ1) is 10.3. The highest BCUT2D eigenvalue weighted by Gasteiger charge is 2.00. The first-order valence-electron chi connectivity index (χ1n) is 7.15. The van der Waals surface area contributed by atoms with E-state index in [1.807, 2.05) is 30.3 Å². The van der Waals surface area contributed by atoms with Gasteiger partial charge in [-0.3, -0.25) is 0 Å². The van der Waals surface area contributed by atoms with E-state index in [2.05, 4.69) is 55.5 Å². The van der Waals surface area contributed by atoms with E-state index in [9.17, 15) is 0 Å². The molecule has 0 aliphatic rings. The maximum atomic E-state index is 5.88. The van der Waals surface area contributed by atoms with Gasteiger partial charge >= 0.3 is 0 Å². The lowest BCUT2D eigenvalue weighted by Gasteiger charge is -2.08. The minimum atomic E-state index is 0.595. The molecule has 0 fully saturated rings. The minimum Gasteiger partial charge on any atom is -0.489 e. The Bertz CT molecular complexity index is 699. The van der Waals surface area contributed by atoms with Crippen LogP contribution in [0.15, 0.2) is 78.9 Å². The molecule has 21 heavy (non-hydrogen) atoms. The molecule has 1 heteroatoms. The molecule has 0 radical (unpaired) electrons. The van der Waals surface area contributed by atoms with E-state index in [4.69, 9.17) is 4.74 Å². The molecular formula is C20H18O. The van der Waals surface area contributed by atoms with Crippen molar-refractivity contribution in [2.24, 2.45) is 0 Å². The van der Waals surface area contributed by atoms with Crippen LogP contribution in [-0.4, -0.2) is 0 Å². The molecule has 0 aromatic heterocycles. The van der Waals surface area contributed by atoms with Crippen LogP contribution in [0.5, 0.6) is 5.75 Å². The summed E-state index contributed by atoms with van der Waals surface area (Å²) in [5.74, 6) is 0.900. The minimum absolute atomic E-state index is 0.595. The lowest BCUT2D eigenvalue weighted by atomic mass is 10.0. The quantitative estimate of drug-likeness (QED) is 0.632. The maximum Gasteiger partial charge on any atom is 0.120 e. The van der Waals surface area contributed by atoms with Gasteiger partial charge in [-0.15, -0.1) is 0 Å². The van der Waals surface area contributed by atoms with Crippen molar-refractivity contribution in [1.82, 2.24) is 0 Å². The molecule has 0 bridgehead atoms. The molecule has 1 nitrogen and oxygen atoms in total. The average molecular weight is 274 g/mol. The van der Waals surface area contributed by atoms with Crippen LogP contribution in [0.3, 0.4) is 0 Å². The fourth-order valence-electron chi connectivity index (χ4n) is 2.25. The third kappa shape index (κ3) is 3.51. The average Bonchev–Trinajstić information content (AvgIpc) is 2.55. The highest BCUT2D eigenvalue weighted by Crippen LogP contribution is 2.24. The van der Waals surface area contributed by atoms with E-state index < -0.39 is 0 Å². The van der Waals surface area contributed by atoms with Gasteiger partial charge in [-0.2, -0.15) is 0 Å². The highest BCUT2D eigenvalue weighted by molar-refractivity contribution is 5.65. The molecule has 3 aromatic carbocycles. The molecule has 0 spiro atoms. The molecule has 0 unspecified atom stereocenters. The summed E-state index contributed by atoms with van der Waals surface area (Å²) in [5, 5.41) is 0. The van der Waals surface area contributed by atoms with Crippen LogP contribution >= 0.6 is 0 Å². The number of hydrogen-bond acceptors (Lipinski definition) is 1. The Kier molecular flexibility index (Phi) is 4.02. The van der Waals surface area contributed by atoms with Gasteiger partial charge in [0.2, 0.25) is 0 Å². The molecule has 3 rings (SSSR count). The van der Waals surface area contributed by atoms with Gasteiger partial charge in [0.05, 0.1) is 0 Å². The second-order valence-corrected chi connectivity index (χ2v) is 5.17. The van der Waals surface area contributed by atoms with Gasteiger partial charge in [0, 0.05) is 0 Å². The van der Waals surface area contributed by atoms with Crippen molar-refractivity contribution in [2.45, 2.75) is 13.5 Å². The van der Waals surface area contributed by atoms with Crippen LogP contribution < -0.4 is 4.74 Å². The summed E-state index contributed by atoms with van der Waals surface area (Å²) in [6, 6.07) is 27.0. The fraction of sp³-hybridized carbons (Fsp3) is 0.100. The van der Waals surface area contributed by atoms with Crippen molar-refractivity contribution in [1.29, 1.82) is 0 Å². The van der Waals surface area contributed by atoms with Crippen molar-refractivity contribution in [3.63, 3.8) is 0 Å². The largest absolute Gasteiger partial charge is 0.489 e. The zero-order chi connectivity index (χ0) is 14.5. The van der Waals surface area contributed by atoms with E-state index in [1.165, 1.54) is 22.3 Å². The Morgan fingerprint density at radius 3 is 2.24 bits per heavy atom. The number of hydrogen-bond donors (Lipinski definition) is 0. The molecule has 0 aliphatic carbocycles. The molecule has 0 N–H and O–H groups in total. The van der Waals surface area contributed by atoms with Crippen molar-refractivity contribution >= 4 is 0 Å². The predicted molar refractivity (Wildman–Crippen MR) is 87.4 cm³/mol. The van der Waals surface area contributed by atoms with Crippen LogP contribution in [0.25, 0.3) is 11.1 Å². The van der Waals surface area contributed by atoms with Gasteiger partial charge in [-0.05, 0) is 35.7 Å². The van der Waals surface area contributed by atoms with Gasteiger partial charge in [-0.25, -0.2) is 0 Å². The van der Waals surface area contributed by atoms with Crippen molar-refractivity contribution in [3.05, 3.63) is 90.0 Å². The van der Waals surface area contributed by atoms with Gasteiger partial charge < -0.3 is 4.74 Å². The molecule has 3 aromatic rings. The fourth-order valence-corrected chi connectivity index (χ4v) is 2.25. The Hall–Kier alpha value is -2.54. The summed E-state index contributed by atoms with van der Waals surface area (Å²) >= 11 is 0. The third-order valence-corrected chi connectivity index (χ3v) is 3.47. The standard InChI is InChI=1S/C20H18O/c1-16-10-12-18(13-11-16)19-8-5-9-20(14-19)21-15-17-6-3-2-4-7-17/h2-14H,15H2,1H3. The van der Waals surface area contributed by atoms with Crippen LogP contribution in [-0.2, 0) is 6.61 Å². The molecule has 104 valence electrons. The van der Waals surface area contributed by atoms with E-state index in [0.29, 0.717) is 6.61 Å². The predicted octanol–water partition coefficient (Wildman–Crippen LogP) is 5.24. The molecule has 0 atom stereocenters. The normalized spacial score (nSPS) is 10.3. The van der Waals surface area contributed by atoms with E-state index in [1.54, 1.807) is 0 Å².